The number of hydrogen-bond acceptors (Lipinski definition) is 4. The van der Waals surface area contributed by atoms with Crippen LogP contribution in [0.1, 0.15) is 44.2 Å². The molecule has 0 aromatic heterocycles. The predicted octanol–water partition coefficient (Wildman–Crippen LogP) is 5.35. The Hall–Kier alpha value is -0.780. The molecule has 2 aromatic carbocycles. The van der Waals surface area contributed by atoms with Gasteiger partial charge in [-0.05, 0) is 51.0 Å². The smallest absolute Gasteiger partial charge is 0.207 e. The van der Waals surface area contributed by atoms with Crippen molar-refractivity contribution < 1.29 is 16.8 Å². The number of aryl methyl sites for hydroxylation is 2. The molecule has 0 bridgehead atoms. The Labute approximate surface area is 221 Å². The molecule has 0 aliphatic heterocycles. The van der Waals surface area contributed by atoms with Gasteiger partial charge in [-0.2, -0.15) is 8.61 Å². The van der Waals surface area contributed by atoms with Crippen LogP contribution in [0.4, 0.5) is 0 Å². The molecule has 2 aromatic rings. The third-order valence-corrected chi connectivity index (χ3v) is 9.31. The summed E-state index contributed by atoms with van der Waals surface area (Å²) in [6, 6.07) is 13.8. The maximum atomic E-state index is 12.8. The second-order valence-corrected chi connectivity index (χ2v) is 11.6. The molecule has 0 fully saturated rings. The molecular weight excluding hydrogens is 592 g/mol. The van der Waals surface area contributed by atoms with Gasteiger partial charge < -0.3 is 0 Å². The van der Waals surface area contributed by atoms with E-state index in [4.69, 9.17) is 0 Å². The number of nitrogens with zero attached hydrogens (tertiary/aromatic N) is 2. The second-order valence-electron chi connectivity index (χ2n) is 7.68. The monoisotopic (exact) mass is 626 g/mol. The van der Waals surface area contributed by atoms with Crippen molar-refractivity contribution in [3.63, 3.8) is 0 Å². The standard InChI is InChI=1S/C23H34N2O4S2.2BrH/c1-5-24(30(26,27)22-14-10-20(3)11-15-22)18-8-7-9-19-25(6-2)31(28,29)23-16-12-21(4)13-17-23;;/h10-17H,5-9,18-19H2,1-4H3;2*1H. The van der Waals surface area contributed by atoms with Gasteiger partial charge in [0, 0.05) is 26.2 Å². The fourth-order valence-electron chi connectivity index (χ4n) is 3.37. The number of unbranched alkanes of at least 4 members (excludes halogenated alkanes) is 2. The van der Waals surface area contributed by atoms with Crippen molar-refractivity contribution in [1.82, 2.24) is 8.61 Å². The van der Waals surface area contributed by atoms with E-state index in [1.807, 2.05) is 27.7 Å². The number of hydrogen-bond donors (Lipinski definition) is 0. The Bertz CT molecular complexity index is 957. The van der Waals surface area contributed by atoms with E-state index in [1.165, 1.54) is 8.61 Å². The molecule has 0 aliphatic rings. The lowest BCUT2D eigenvalue weighted by Crippen LogP contribution is -2.33. The number of benzene rings is 2. The van der Waals surface area contributed by atoms with Gasteiger partial charge in [-0.3, -0.25) is 0 Å². The third-order valence-electron chi connectivity index (χ3n) is 5.34. The number of halogens is 2. The average Bonchev–Trinajstić information content (AvgIpc) is 2.73. The third kappa shape index (κ3) is 8.74. The molecule has 10 heteroatoms. The first-order valence-electron chi connectivity index (χ1n) is 10.8. The molecule has 0 aliphatic carbocycles. The highest BCUT2D eigenvalue weighted by molar-refractivity contribution is 8.93. The molecule has 0 saturated carbocycles. The second kappa shape index (κ2) is 14.6. The number of sulfonamides is 2. The Kier molecular flexibility index (Phi) is 14.2. The first-order valence-corrected chi connectivity index (χ1v) is 13.6. The first kappa shape index (κ1) is 32.2. The molecule has 0 radical (unpaired) electrons. The van der Waals surface area contributed by atoms with Gasteiger partial charge in [0.15, 0.2) is 0 Å². The van der Waals surface area contributed by atoms with Gasteiger partial charge in [0.25, 0.3) is 0 Å². The van der Waals surface area contributed by atoms with E-state index in [0.717, 1.165) is 17.5 Å². The maximum absolute atomic E-state index is 12.8. The van der Waals surface area contributed by atoms with Crippen molar-refractivity contribution in [2.75, 3.05) is 26.2 Å². The average molecular weight is 628 g/mol. The summed E-state index contributed by atoms with van der Waals surface area (Å²) in [6.45, 7) is 9.15. The van der Waals surface area contributed by atoms with E-state index in [2.05, 4.69) is 0 Å². The number of rotatable bonds is 12. The Morgan fingerprint density at radius 2 is 0.879 bits per heavy atom. The Morgan fingerprint density at radius 3 is 1.15 bits per heavy atom. The van der Waals surface area contributed by atoms with Gasteiger partial charge in [-0.1, -0.05) is 55.7 Å². The largest absolute Gasteiger partial charge is 0.243 e. The summed E-state index contributed by atoms with van der Waals surface area (Å²) in [5.41, 5.74) is 2.03. The van der Waals surface area contributed by atoms with E-state index in [0.29, 0.717) is 48.8 Å². The van der Waals surface area contributed by atoms with Crippen LogP contribution in [-0.4, -0.2) is 51.6 Å². The normalized spacial score (nSPS) is 11.8. The summed E-state index contributed by atoms with van der Waals surface area (Å²) in [5, 5.41) is 0. The van der Waals surface area contributed by atoms with E-state index in [1.54, 1.807) is 48.5 Å². The summed E-state index contributed by atoms with van der Waals surface area (Å²) in [4.78, 5) is 0.614. The van der Waals surface area contributed by atoms with Crippen LogP contribution in [0.5, 0.6) is 0 Å². The van der Waals surface area contributed by atoms with Crippen LogP contribution in [-0.2, 0) is 20.0 Å². The maximum Gasteiger partial charge on any atom is 0.243 e. The molecule has 0 saturated heterocycles. The van der Waals surface area contributed by atoms with Crippen molar-refractivity contribution in [2.24, 2.45) is 0 Å². The SMILES string of the molecule is Br.Br.CCN(CCCCCN(CC)S(=O)(=O)c1ccc(C)cc1)S(=O)(=O)c1ccc(C)cc1. The van der Waals surface area contributed by atoms with Gasteiger partial charge >= 0.3 is 0 Å². The molecule has 0 unspecified atom stereocenters. The van der Waals surface area contributed by atoms with Crippen molar-refractivity contribution in [3.8, 4) is 0 Å². The van der Waals surface area contributed by atoms with Gasteiger partial charge in [0.2, 0.25) is 20.0 Å². The lowest BCUT2D eigenvalue weighted by Gasteiger charge is -2.22. The van der Waals surface area contributed by atoms with Crippen LogP contribution in [0, 0.1) is 13.8 Å². The highest BCUT2D eigenvalue weighted by Gasteiger charge is 2.24. The molecule has 6 nitrogen and oxygen atoms in total. The molecule has 0 N–H and O–H groups in total. The molecule has 0 atom stereocenters. The van der Waals surface area contributed by atoms with Gasteiger partial charge in [0.05, 0.1) is 9.79 Å². The van der Waals surface area contributed by atoms with Crippen LogP contribution < -0.4 is 0 Å². The summed E-state index contributed by atoms with van der Waals surface area (Å²) in [6.07, 6.45) is 2.11. The van der Waals surface area contributed by atoms with E-state index in [-0.39, 0.29) is 34.0 Å². The first-order chi connectivity index (χ1) is 14.6. The zero-order valence-corrected chi connectivity index (χ0v) is 24.8. The zero-order chi connectivity index (χ0) is 23.1. The Morgan fingerprint density at radius 1 is 0.576 bits per heavy atom. The molecule has 2 rings (SSSR count). The highest BCUT2D eigenvalue weighted by atomic mass is 79.9. The molecular formula is C23H36Br2N2O4S2. The van der Waals surface area contributed by atoms with Crippen LogP contribution >= 0.6 is 34.0 Å². The summed E-state index contributed by atoms with van der Waals surface area (Å²) in [5.74, 6) is 0. The lowest BCUT2D eigenvalue weighted by atomic mass is 10.2. The molecule has 0 spiro atoms. The van der Waals surface area contributed by atoms with E-state index < -0.39 is 20.0 Å². The van der Waals surface area contributed by atoms with Crippen LogP contribution in [0.25, 0.3) is 0 Å². The van der Waals surface area contributed by atoms with Crippen LogP contribution in [0.2, 0.25) is 0 Å². The fourth-order valence-corrected chi connectivity index (χ4v) is 6.34. The Balaban J connectivity index is 0.00000512. The summed E-state index contributed by atoms with van der Waals surface area (Å²) in [7, 11) is -7.02. The fraction of sp³-hybridized carbons (Fsp3) is 0.478. The lowest BCUT2D eigenvalue weighted by molar-refractivity contribution is 0.390. The molecule has 0 heterocycles. The predicted molar refractivity (Wildman–Crippen MR) is 146 cm³/mol. The van der Waals surface area contributed by atoms with Gasteiger partial charge in [0.1, 0.15) is 0 Å². The molecule has 0 amide bonds. The van der Waals surface area contributed by atoms with Gasteiger partial charge in [-0.15, -0.1) is 34.0 Å². The quantitative estimate of drug-likeness (QED) is 0.297. The van der Waals surface area contributed by atoms with E-state index in [9.17, 15) is 16.8 Å². The molecule has 188 valence electrons. The topological polar surface area (TPSA) is 74.8 Å². The summed E-state index contributed by atoms with van der Waals surface area (Å²) >= 11 is 0. The minimum atomic E-state index is -3.51. The van der Waals surface area contributed by atoms with Crippen LogP contribution in [0.15, 0.2) is 58.3 Å². The van der Waals surface area contributed by atoms with Crippen LogP contribution in [0.3, 0.4) is 0 Å². The van der Waals surface area contributed by atoms with Crippen molar-refractivity contribution in [3.05, 3.63) is 59.7 Å². The summed E-state index contributed by atoms with van der Waals surface area (Å²) < 4.78 is 54.3. The van der Waals surface area contributed by atoms with Crippen molar-refractivity contribution >= 4 is 54.0 Å². The molecule has 33 heavy (non-hydrogen) atoms. The van der Waals surface area contributed by atoms with Crippen molar-refractivity contribution in [2.45, 2.75) is 56.7 Å². The highest BCUT2D eigenvalue weighted by Crippen LogP contribution is 2.19. The van der Waals surface area contributed by atoms with Crippen molar-refractivity contribution in [1.29, 1.82) is 0 Å². The van der Waals surface area contributed by atoms with E-state index >= 15 is 0 Å². The van der Waals surface area contributed by atoms with Gasteiger partial charge in [-0.25, -0.2) is 16.8 Å². The zero-order valence-electron chi connectivity index (χ0n) is 19.7. The minimum Gasteiger partial charge on any atom is -0.207 e. The minimum absolute atomic E-state index is 0.